The van der Waals surface area contributed by atoms with Gasteiger partial charge in [-0.05, 0) is 5.56 Å². The number of likely N-dealkylation sites (N-methyl/N-ethyl adjacent to an activating group) is 1. The molecule has 0 aliphatic carbocycles. The van der Waals surface area contributed by atoms with E-state index in [9.17, 15) is 5.11 Å². The van der Waals surface area contributed by atoms with E-state index in [1.165, 1.54) is 0 Å². The zero-order chi connectivity index (χ0) is 12.5. The minimum atomic E-state index is -0.483. The molecule has 1 aromatic rings. The van der Waals surface area contributed by atoms with Gasteiger partial charge in [0, 0.05) is 13.0 Å². The van der Waals surface area contributed by atoms with Crippen LogP contribution < -0.4 is 5.43 Å². The fourth-order valence-corrected chi connectivity index (χ4v) is 2.15. The lowest BCUT2D eigenvalue weighted by Gasteiger charge is -2.32. The third-order valence-electron chi connectivity index (χ3n) is 3.27. The molecule has 17 heavy (non-hydrogen) atoms. The van der Waals surface area contributed by atoms with Crippen LogP contribution in [0.3, 0.4) is 0 Å². The number of nitrogens with one attached hydrogen (secondary N) is 1. The predicted octanol–water partition coefficient (Wildman–Crippen LogP) is 2.10. The first-order valence-electron chi connectivity index (χ1n) is 5.76. The van der Waals surface area contributed by atoms with E-state index in [1.54, 1.807) is 0 Å². The van der Waals surface area contributed by atoms with Crippen LogP contribution in [0, 0.1) is 0 Å². The Labute approximate surface area is 102 Å². The summed E-state index contributed by atoms with van der Waals surface area (Å²) in [5, 5.41) is 10.2. The van der Waals surface area contributed by atoms with Crippen molar-refractivity contribution >= 4 is 0 Å². The van der Waals surface area contributed by atoms with E-state index >= 15 is 0 Å². The van der Waals surface area contributed by atoms with Crippen LogP contribution in [0.25, 0.3) is 0 Å². The highest BCUT2D eigenvalue weighted by molar-refractivity contribution is 5.20. The van der Waals surface area contributed by atoms with Crippen LogP contribution >= 0.6 is 0 Å². The van der Waals surface area contributed by atoms with E-state index in [2.05, 4.69) is 12.0 Å². The summed E-state index contributed by atoms with van der Waals surface area (Å²) in [6.45, 7) is 6.53. The van der Waals surface area contributed by atoms with E-state index in [0.29, 0.717) is 11.1 Å². The molecule has 3 nitrogen and oxygen atoms in total. The number of aliphatic hydroxyl groups is 1. The van der Waals surface area contributed by atoms with Crippen LogP contribution in [0.2, 0.25) is 0 Å². The maximum absolute atomic E-state index is 10.2. The van der Waals surface area contributed by atoms with Crippen molar-refractivity contribution in [1.29, 1.82) is 0 Å². The van der Waals surface area contributed by atoms with E-state index in [4.69, 9.17) is 0 Å². The molecule has 1 unspecified atom stereocenters. The normalized spacial score (nSPS) is 25.4. The highest BCUT2D eigenvalue weighted by atomic mass is 16.3. The Balaban J connectivity index is 2.12. The molecule has 0 radical (unpaired) electrons. The molecule has 2 N–H and O–H groups in total. The van der Waals surface area contributed by atoms with Crippen molar-refractivity contribution in [3.8, 4) is 0 Å². The topological polar surface area (TPSA) is 32.3 Å². The monoisotopic (exact) mass is 231 g/mol. The first kappa shape index (κ1) is 11.9. The number of hydrogen-bond donors (Lipinski definition) is 2. The molecular formula is C14H19N2O+. The van der Waals surface area contributed by atoms with Gasteiger partial charge in [0.2, 0.25) is 0 Å². The van der Waals surface area contributed by atoms with Crippen LogP contribution in [0.4, 0.5) is 0 Å². The maximum atomic E-state index is 10.2. The summed E-state index contributed by atoms with van der Waals surface area (Å²) in [6.07, 6.45) is 1.53. The zero-order valence-electron chi connectivity index (χ0n) is 10.4. The average Bonchev–Trinajstić information content (AvgIpc) is 2.53. The summed E-state index contributed by atoms with van der Waals surface area (Å²) in [6, 6.07) is 9.73. The molecular weight excluding hydrogens is 212 g/mol. The van der Waals surface area contributed by atoms with Gasteiger partial charge in [-0.1, -0.05) is 36.9 Å². The Morgan fingerprint density at radius 1 is 1.35 bits per heavy atom. The molecule has 2 rings (SSSR count). The largest absolute Gasteiger partial charge is 0.382 e. The van der Waals surface area contributed by atoms with E-state index in [0.717, 1.165) is 17.0 Å². The van der Waals surface area contributed by atoms with Crippen LogP contribution in [-0.2, 0) is 0 Å². The molecule has 1 aromatic carbocycles. The second kappa shape index (κ2) is 4.35. The average molecular weight is 231 g/mol. The van der Waals surface area contributed by atoms with Gasteiger partial charge in [-0.15, -0.1) is 0 Å². The second-order valence-corrected chi connectivity index (χ2v) is 4.72. The molecule has 0 fully saturated rings. The van der Waals surface area contributed by atoms with Crippen molar-refractivity contribution in [2.45, 2.75) is 13.0 Å². The summed E-state index contributed by atoms with van der Waals surface area (Å²) in [7, 11) is 2.04. The molecule has 2 atom stereocenters. The third-order valence-corrected chi connectivity index (χ3v) is 3.27. The van der Waals surface area contributed by atoms with Gasteiger partial charge in [-0.25, -0.2) is 5.43 Å². The lowest BCUT2D eigenvalue weighted by molar-refractivity contribution is -0.910. The minimum Gasteiger partial charge on any atom is -0.382 e. The van der Waals surface area contributed by atoms with Gasteiger partial charge < -0.3 is 5.11 Å². The van der Waals surface area contributed by atoms with Crippen molar-refractivity contribution in [3.63, 3.8) is 0 Å². The first-order chi connectivity index (χ1) is 8.01. The predicted molar refractivity (Wildman–Crippen MR) is 68.5 cm³/mol. The van der Waals surface area contributed by atoms with Crippen molar-refractivity contribution in [1.82, 2.24) is 5.43 Å². The molecule has 0 aromatic heterocycles. The quantitative estimate of drug-likeness (QED) is 0.781. The molecule has 3 heteroatoms. The van der Waals surface area contributed by atoms with Gasteiger partial charge in [-0.2, -0.15) is 4.59 Å². The second-order valence-electron chi connectivity index (χ2n) is 4.72. The number of allylic oxidation sites excluding steroid dienone is 2. The van der Waals surface area contributed by atoms with Crippen LogP contribution in [0.15, 0.2) is 54.4 Å². The van der Waals surface area contributed by atoms with Crippen LogP contribution in [-0.4, -0.2) is 23.3 Å². The van der Waals surface area contributed by atoms with Crippen molar-refractivity contribution in [2.24, 2.45) is 0 Å². The Kier molecular flexibility index (Phi) is 3.05. The van der Waals surface area contributed by atoms with E-state index < -0.39 is 6.10 Å². The molecule has 1 aliphatic heterocycles. The molecule has 1 aliphatic rings. The van der Waals surface area contributed by atoms with Crippen LogP contribution in [0.5, 0.6) is 0 Å². The van der Waals surface area contributed by atoms with Gasteiger partial charge in [0.1, 0.15) is 18.3 Å². The van der Waals surface area contributed by atoms with E-state index in [1.807, 2.05) is 50.4 Å². The van der Waals surface area contributed by atoms with Gasteiger partial charge >= 0.3 is 0 Å². The molecule has 1 heterocycles. The highest BCUT2D eigenvalue weighted by Crippen LogP contribution is 2.25. The van der Waals surface area contributed by atoms with Gasteiger partial charge in [-0.3, -0.25) is 0 Å². The standard InChI is InChI=1S/C14H19N2O/c1-11-9-12(2)16(3,15-11)10-14(17)13-7-5-4-6-8-13/h4-9,14-15,17H,1,10H2,2-3H3/q+1/t14-,16?/m1/s1. The van der Waals surface area contributed by atoms with Gasteiger partial charge in [0.15, 0.2) is 0 Å². The smallest absolute Gasteiger partial charge is 0.136 e. The van der Waals surface area contributed by atoms with E-state index in [-0.39, 0.29) is 0 Å². The number of benzene rings is 1. The van der Waals surface area contributed by atoms with Gasteiger partial charge in [0.05, 0.1) is 12.7 Å². The Morgan fingerprint density at radius 2 is 2.00 bits per heavy atom. The summed E-state index contributed by atoms with van der Waals surface area (Å²) in [5.74, 6) is 0. The number of quaternary nitrogens is 1. The molecule has 0 spiro atoms. The Hall–Kier alpha value is -1.58. The third kappa shape index (κ3) is 2.40. The number of nitrogens with zero attached hydrogens (tertiary/aromatic N) is 1. The first-order valence-corrected chi connectivity index (χ1v) is 5.76. The molecule has 0 bridgehead atoms. The van der Waals surface area contributed by atoms with Gasteiger partial charge in [0.25, 0.3) is 0 Å². The summed E-state index contributed by atoms with van der Waals surface area (Å²) in [5.41, 5.74) is 6.27. The van der Waals surface area contributed by atoms with Crippen molar-refractivity contribution < 1.29 is 9.70 Å². The summed E-state index contributed by atoms with van der Waals surface area (Å²) in [4.78, 5) is 0. The van der Waals surface area contributed by atoms with Crippen molar-refractivity contribution in [2.75, 3.05) is 13.6 Å². The fraction of sp³-hybridized carbons (Fsp3) is 0.286. The number of rotatable bonds is 3. The van der Waals surface area contributed by atoms with Crippen molar-refractivity contribution in [3.05, 3.63) is 59.9 Å². The molecule has 0 saturated carbocycles. The minimum absolute atomic E-state index is 0.483. The fourth-order valence-electron chi connectivity index (χ4n) is 2.15. The zero-order valence-corrected chi connectivity index (χ0v) is 10.4. The SMILES string of the molecule is C=C1C=C(C)[N+](C)(C[C@@H](O)c2ccccc2)N1. The van der Waals surface area contributed by atoms with Crippen LogP contribution in [0.1, 0.15) is 18.6 Å². The maximum Gasteiger partial charge on any atom is 0.136 e. The molecule has 0 amide bonds. The Bertz CT molecular complexity index is 453. The molecule has 90 valence electrons. The highest BCUT2D eigenvalue weighted by Gasteiger charge is 2.33. The number of hydrogen-bond acceptors (Lipinski definition) is 2. The molecule has 0 saturated heterocycles. The summed E-state index contributed by atoms with van der Waals surface area (Å²) < 4.78 is 0.509. The lowest BCUT2D eigenvalue weighted by Crippen LogP contribution is -2.51. The summed E-state index contributed by atoms with van der Waals surface area (Å²) >= 11 is 0. The lowest BCUT2D eigenvalue weighted by atomic mass is 10.1. The Morgan fingerprint density at radius 3 is 2.53 bits per heavy atom. The number of aliphatic hydroxyl groups excluding tert-OH is 1.